The minimum Gasteiger partial charge on any atom is -0.368 e. The molecule has 1 aromatic carbocycles. The molecule has 154 valence electrons. The first-order chi connectivity index (χ1) is 15.1. The monoisotopic (exact) mass is 419 g/mol. The van der Waals surface area contributed by atoms with Crippen LogP contribution in [0.4, 0.5) is 14.6 Å². The van der Waals surface area contributed by atoms with Crippen molar-refractivity contribution in [1.29, 1.82) is 0 Å². The van der Waals surface area contributed by atoms with Crippen molar-refractivity contribution in [2.75, 3.05) is 11.9 Å². The lowest BCUT2D eigenvalue weighted by Crippen LogP contribution is -2.21. The molecule has 0 atom stereocenters. The number of pyridine rings is 1. The van der Waals surface area contributed by atoms with Crippen LogP contribution in [0.1, 0.15) is 5.69 Å². The normalized spacial score (nSPS) is 11.3. The summed E-state index contributed by atoms with van der Waals surface area (Å²) < 4.78 is 28.7. The number of imidazole rings is 1. The molecule has 4 aromatic heterocycles. The van der Waals surface area contributed by atoms with Gasteiger partial charge in [-0.1, -0.05) is 12.1 Å². The minimum absolute atomic E-state index is 0.219. The number of aromatic nitrogens is 6. The molecule has 4 heterocycles. The van der Waals surface area contributed by atoms with Crippen molar-refractivity contribution in [2.45, 2.75) is 6.42 Å². The molecule has 0 aliphatic heterocycles. The molecule has 5 aromatic rings. The van der Waals surface area contributed by atoms with Crippen LogP contribution in [0.15, 0.2) is 60.0 Å². The molecule has 0 aliphatic carbocycles. The molecule has 0 saturated heterocycles. The van der Waals surface area contributed by atoms with Crippen LogP contribution in [0, 0.1) is 11.6 Å². The largest absolute Gasteiger partial charge is 0.368 e. The zero-order valence-corrected chi connectivity index (χ0v) is 16.0. The second kappa shape index (κ2) is 7.56. The number of halogens is 2. The molecule has 0 unspecified atom stereocenters. The third kappa shape index (κ3) is 3.48. The molecule has 0 bridgehead atoms. The first-order valence-electron chi connectivity index (χ1n) is 9.45. The Bertz CT molecular complexity index is 1480. The predicted octanol–water partition coefficient (Wildman–Crippen LogP) is 2.96. The molecule has 0 spiro atoms. The summed E-state index contributed by atoms with van der Waals surface area (Å²) in [5, 5.41) is 3.17. The van der Waals surface area contributed by atoms with Gasteiger partial charge >= 0.3 is 0 Å². The van der Waals surface area contributed by atoms with E-state index in [-0.39, 0.29) is 5.56 Å². The topological polar surface area (TPSA) is 101 Å². The van der Waals surface area contributed by atoms with E-state index in [1.807, 2.05) is 0 Å². The lowest BCUT2D eigenvalue weighted by Gasteiger charge is -2.12. The molecule has 31 heavy (non-hydrogen) atoms. The molecule has 0 radical (unpaired) electrons. The van der Waals surface area contributed by atoms with Gasteiger partial charge in [-0.3, -0.25) is 9.20 Å². The summed E-state index contributed by atoms with van der Waals surface area (Å²) in [6.45, 7) is 0.380. The zero-order chi connectivity index (χ0) is 21.4. The number of aromatic amines is 1. The van der Waals surface area contributed by atoms with Gasteiger partial charge in [0, 0.05) is 19.2 Å². The number of anilines is 1. The fourth-order valence-electron chi connectivity index (χ4n) is 3.47. The fourth-order valence-corrected chi connectivity index (χ4v) is 3.47. The molecule has 8 nitrogen and oxygen atoms in total. The van der Waals surface area contributed by atoms with E-state index in [1.165, 1.54) is 43.0 Å². The van der Waals surface area contributed by atoms with Gasteiger partial charge in [0.25, 0.3) is 5.56 Å². The maximum absolute atomic E-state index is 13.9. The summed E-state index contributed by atoms with van der Waals surface area (Å²) in [6, 6.07) is 8.37. The Morgan fingerprint density at radius 1 is 1.06 bits per heavy atom. The van der Waals surface area contributed by atoms with Crippen molar-refractivity contribution >= 4 is 22.6 Å². The molecular weight excluding hydrogens is 404 g/mol. The molecule has 5 rings (SSSR count). The Kier molecular flexibility index (Phi) is 4.58. The van der Waals surface area contributed by atoms with Gasteiger partial charge in [-0.25, -0.2) is 28.7 Å². The first-order valence-corrected chi connectivity index (χ1v) is 9.45. The summed E-state index contributed by atoms with van der Waals surface area (Å²) in [7, 11) is 0. The van der Waals surface area contributed by atoms with Crippen LogP contribution in [-0.2, 0) is 6.42 Å². The number of fused-ring (bicyclic) bond motifs is 2. The van der Waals surface area contributed by atoms with Crippen molar-refractivity contribution in [3.63, 3.8) is 0 Å². The van der Waals surface area contributed by atoms with E-state index in [2.05, 4.69) is 30.2 Å². The molecule has 0 saturated carbocycles. The van der Waals surface area contributed by atoms with Crippen LogP contribution >= 0.6 is 0 Å². The predicted molar refractivity (Wildman–Crippen MR) is 111 cm³/mol. The van der Waals surface area contributed by atoms with E-state index in [1.54, 1.807) is 6.07 Å². The third-order valence-electron chi connectivity index (χ3n) is 4.85. The van der Waals surface area contributed by atoms with Gasteiger partial charge in [-0.15, -0.1) is 0 Å². The highest BCUT2D eigenvalue weighted by atomic mass is 19.1. The average Bonchev–Trinajstić information content (AvgIpc) is 3.24. The maximum atomic E-state index is 13.9. The van der Waals surface area contributed by atoms with Gasteiger partial charge in [0.1, 0.15) is 29.1 Å². The number of hydrogen-bond acceptors (Lipinski definition) is 6. The van der Waals surface area contributed by atoms with Crippen LogP contribution in [-0.4, -0.2) is 35.9 Å². The minimum atomic E-state index is -0.567. The lowest BCUT2D eigenvalue weighted by molar-refractivity contribution is 0.617. The van der Waals surface area contributed by atoms with Gasteiger partial charge in [0.05, 0.1) is 17.6 Å². The van der Waals surface area contributed by atoms with E-state index in [0.29, 0.717) is 46.9 Å². The Hall–Kier alpha value is -4.21. The van der Waals surface area contributed by atoms with E-state index < -0.39 is 17.2 Å². The van der Waals surface area contributed by atoms with Crippen LogP contribution in [0.25, 0.3) is 27.9 Å². The van der Waals surface area contributed by atoms with Crippen LogP contribution in [0.3, 0.4) is 0 Å². The van der Waals surface area contributed by atoms with E-state index >= 15 is 0 Å². The zero-order valence-electron chi connectivity index (χ0n) is 16.0. The molecule has 2 N–H and O–H groups in total. The summed E-state index contributed by atoms with van der Waals surface area (Å²) in [6.07, 6.45) is 4.35. The number of nitrogens with zero attached hydrogens (tertiary/aromatic N) is 5. The van der Waals surface area contributed by atoms with Crippen molar-refractivity contribution in [3.05, 3.63) is 82.9 Å². The van der Waals surface area contributed by atoms with Crippen molar-refractivity contribution < 1.29 is 8.78 Å². The van der Waals surface area contributed by atoms with Crippen molar-refractivity contribution in [1.82, 2.24) is 29.3 Å². The van der Waals surface area contributed by atoms with Gasteiger partial charge in [0.15, 0.2) is 11.5 Å². The van der Waals surface area contributed by atoms with Crippen LogP contribution in [0.2, 0.25) is 0 Å². The smallest absolute Gasteiger partial charge is 0.266 e. The highest BCUT2D eigenvalue weighted by Crippen LogP contribution is 2.22. The summed E-state index contributed by atoms with van der Waals surface area (Å²) in [4.78, 5) is 33.1. The number of H-pyrrole nitrogens is 1. The summed E-state index contributed by atoms with van der Waals surface area (Å²) in [5.41, 5.74) is 2.08. The average molecular weight is 419 g/mol. The molecule has 10 heteroatoms. The standard InChI is InChI=1S/C21H15F2N7O/c22-13-3-1-2-12(8-13)17-15(29-16-5-4-14(23)9-30(16)21(17)31)6-7-24-19-18-20(26-10-25-18)28-11-27-19/h1-5,8-11H,6-7H2,(H2,24,25,26,27,28). The number of nitrogens with one attached hydrogen (secondary N) is 2. The molecule has 0 aliphatic rings. The number of rotatable bonds is 5. The second-order valence-electron chi connectivity index (χ2n) is 6.82. The Balaban J connectivity index is 1.55. The molecule has 0 amide bonds. The highest BCUT2D eigenvalue weighted by Gasteiger charge is 2.16. The van der Waals surface area contributed by atoms with Crippen LogP contribution in [0.5, 0.6) is 0 Å². The Labute approximate surface area is 173 Å². The lowest BCUT2D eigenvalue weighted by atomic mass is 10.0. The molecule has 0 fully saturated rings. The van der Waals surface area contributed by atoms with Gasteiger partial charge in [0.2, 0.25) is 0 Å². The van der Waals surface area contributed by atoms with E-state index in [4.69, 9.17) is 0 Å². The first kappa shape index (κ1) is 18.8. The Morgan fingerprint density at radius 2 is 1.97 bits per heavy atom. The van der Waals surface area contributed by atoms with Crippen molar-refractivity contribution in [2.24, 2.45) is 0 Å². The number of benzene rings is 1. The van der Waals surface area contributed by atoms with Gasteiger partial charge < -0.3 is 10.3 Å². The SMILES string of the molecule is O=c1c(-c2cccc(F)c2)c(CCNc2ncnc3[nH]cnc23)nc2ccc(F)cn12. The molecular formula is C21H15F2N7O. The summed E-state index contributed by atoms with van der Waals surface area (Å²) in [5.74, 6) is -0.506. The van der Waals surface area contributed by atoms with Gasteiger partial charge in [-0.05, 0) is 29.8 Å². The quantitative estimate of drug-likeness (QED) is 0.454. The van der Waals surface area contributed by atoms with Crippen molar-refractivity contribution in [3.8, 4) is 11.1 Å². The van der Waals surface area contributed by atoms with Crippen LogP contribution < -0.4 is 10.9 Å². The fraction of sp³-hybridized carbons (Fsp3) is 0.0952. The number of hydrogen-bond donors (Lipinski definition) is 2. The van der Waals surface area contributed by atoms with E-state index in [0.717, 1.165) is 10.6 Å². The maximum Gasteiger partial charge on any atom is 0.266 e. The van der Waals surface area contributed by atoms with E-state index in [9.17, 15) is 13.6 Å². The summed E-state index contributed by atoms with van der Waals surface area (Å²) >= 11 is 0. The third-order valence-corrected chi connectivity index (χ3v) is 4.85. The highest BCUT2D eigenvalue weighted by molar-refractivity contribution is 5.81. The van der Waals surface area contributed by atoms with Gasteiger partial charge in [-0.2, -0.15) is 0 Å². The second-order valence-corrected chi connectivity index (χ2v) is 6.82. The Morgan fingerprint density at radius 3 is 2.84 bits per heavy atom.